The van der Waals surface area contributed by atoms with Gasteiger partial charge in [-0.2, -0.15) is 5.10 Å². The van der Waals surface area contributed by atoms with Gasteiger partial charge in [-0.1, -0.05) is 34.8 Å². The molecule has 2 rings (SSSR count). The van der Waals surface area contributed by atoms with E-state index in [2.05, 4.69) is 10.5 Å². The van der Waals surface area contributed by atoms with Gasteiger partial charge in [0.1, 0.15) is 5.75 Å². The first-order chi connectivity index (χ1) is 11.9. The van der Waals surface area contributed by atoms with Crippen molar-refractivity contribution < 1.29 is 19.4 Å². The number of amides is 1. The summed E-state index contributed by atoms with van der Waals surface area (Å²) in [5.41, 5.74) is 2.54. The van der Waals surface area contributed by atoms with E-state index in [1.54, 1.807) is 12.1 Å². The van der Waals surface area contributed by atoms with Gasteiger partial charge < -0.3 is 14.6 Å². The first-order valence-corrected chi connectivity index (χ1v) is 8.00. The van der Waals surface area contributed by atoms with Crippen LogP contribution in [0.15, 0.2) is 35.4 Å². The van der Waals surface area contributed by atoms with Gasteiger partial charge in [0.05, 0.1) is 18.3 Å². The molecule has 0 atom stereocenters. The number of nitrogens with zero attached hydrogens (tertiary/aromatic N) is 1. The Morgan fingerprint density at radius 1 is 1.20 bits per heavy atom. The van der Waals surface area contributed by atoms with Crippen LogP contribution in [-0.4, -0.2) is 30.9 Å². The lowest BCUT2D eigenvalue weighted by Gasteiger charge is -2.08. The smallest absolute Gasteiger partial charge is 0.277 e. The molecule has 0 saturated carbocycles. The summed E-state index contributed by atoms with van der Waals surface area (Å²) >= 11 is 17.6. The van der Waals surface area contributed by atoms with Crippen molar-refractivity contribution in [3.63, 3.8) is 0 Å². The highest BCUT2D eigenvalue weighted by atomic mass is 35.5. The van der Waals surface area contributed by atoms with E-state index in [0.29, 0.717) is 20.8 Å². The van der Waals surface area contributed by atoms with Crippen LogP contribution in [0.25, 0.3) is 0 Å². The van der Waals surface area contributed by atoms with Gasteiger partial charge in [0.25, 0.3) is 5.91 Å². The average Bonchev–Trinajstić information content (AvgIpc) is 2.56. The average molecular weight is 404 g/mol. The standard InChI is InChI=1S/C16H13Cl3N2O4/c1-24-14-6-11(18)4-9(16(14)23)7-20-21-15(22)8-25-13-3-2-10(17)5-12(13)19/h2-7,23H,8H2,1H3,(H,21,22). The second-order valence-electron chi connectivity index (χ2n) is 4.70. The van der Waals surface area contributed by atoms with Crippen LogP contribution in [0.2, 0.25) is 15.1 Å². The fourth-order valence-electron chi connectivity index (χ4n) is 1.79. The topological polar surface area (TPSA) is 80.2 Å². The largest absolute Gasteiger partial charge is 0.504 e. The summed E-state index contributed by atoms with van der Waals surface area (Å²) in [6.07, 6.45) is 1.23. The van der Waals surface area contributed by atoms with Gasteiger partial charge in [-0.05, 0) is 24.3 Å². The molecule has 0 aromatic heterocycles. The van der Waals surface area contributed by atoms with E-state index < -0.39 is 5.91 Å². The Kier molecular flexibility index (Phi) is 6.75. The molecule has 0 radical (unpaired) electrons. The summed E-state index contributed by atoms with van der Waals surface area (Å²) in [5, 5.41) is 14.8. The molecule has 132 valence electrons. The number of hydrogen-bond donors (Lipinski definition) is 2. The second-order valence-corrected chi connectivity index (χ2v) is 5.98. The number of hydrogen-bond acceptors (Lipinski definition) is 5. The minimum Gasteiger partial charge on any atom is -0.504 e. The van der Waals surface area contributed by atoms with Gasteiger partial charge >= 0.3 is 0 Å². The number of carbonyl (C=O) groups is 1. The summed E-state index contributed by atoms with van der Waals surface area (Å²) in [5.74, 6) is -0.145. The van der Waals surface area contributed by atoms with Crippen LogP contribution in [0.4, 0.5) is 0 Å². The Morgan fingerprint density at radius 2 is 1.96 bits per heavy atom. The highest BCUT2D eigenvalue weighted by Crippen LogP contribution is 2.32. The quantitative estimate of drug-likeness (QED) is 0.566. The third kappa shape index (κ3) is 5.42. The van der Waals surface area contributed by atoms with Crippen LogP contribution >= 0.6 is 34.8 Å². The number of halogens is 3. The van der Waals surface area contributed by atoms with Crippen LogP contribution in [-0.2, 0) is 4.79 Å². The molecule has 2 N–H and O–H groups in total. The summed E-state index contributed by atoms with van der Waals surface area (Å²) in [7, 11) is 1.40. The molecule has 25 heavy (non-hydrogen) atoms. The van der Waals surface area contributed by atoms with Crippen molar-refractivity contribution in [2.24, 2.45) is 5.10 Å². The summed E-state index contributed by atoms with van der Waals surface area (Å²) in [6, 6.07) is 7.57. The van der Waals surface area contributed by atoms with Crippen LogP contribution < -0.4 is 14.9 Å². The Bertz CT molecular complexity index is 812. The van der Waals surface area contributed by atoms with Gasteiger partial charge in [-0.15, -0.1) is 0 Å². The first kappa shape index (κ1) is 19.2. The van der Waals surface area contributed by atoms with Crippen molar-refractivity contribution in [3.05, 3.63) is 51.0 Å². The Labute approximate surface area is 158 Å². The Balaban J connectivity index is 1.93. The second kappa shape index (κ2) is 8.80. The number of carbonyl (C=O) groups excluding carboxylic acids is 1. The van der Waals surface area contributed by atoms with E-state index in [1.807, 2.05) is 0 Å². The lowest BCUT2D eigenvalue weighted by Crippen LogP contribution is -2.24. The summed E-state index contributed by atoms with van der Waals surface area (Å²) in [6.45, 7) is -0.302. The molecule has 0 heterocycles. The van der Waals surface area contributed by atoms with E-state index >= 15 is 0 Å². The van der Waals surface area contributed by atoms with Crippen molar-refractivity contribution in [1.29, 1.82) is 0 Å². The van der Waals surface area contributed by atoms with E-state index in [1.165, 1.54) is 31.5 Å². The zero-order valence-electron chi connectivity index (χ0n) is 12.9. The number of benzene rings is 2. The van der Waals surface area contributed by atoms with Crippen molar-refractivity contribution in [1.82, 2.24) is 5.43 Å². The first-order valence-electron chi connectivity index (χ1n) is 6.87. The van der Waals surface area contributed by atoms with Crippen LogP contribution in [0.5, 0.6) is 17.2 Å². The molecule has 0 aliphatic heterocycles. The van der Waals surface area contributed by atoms with Gasteiger partial charge in [0.2, 0.25) is 0 Å². The molecule has 1 amide bonds. The molecule has 6 nitrogen and oxygen atoms in total. The van der Waals surface area contributed by atoms with E-state index in [0.717, 1.165) is 0 Å². The van der Waals surface area contributed by atoms with E-state index in [4.69, 9.17) is 44.3 Å². The minimum absolute atomic E-state index is 0.144. The molecule has 2 aromatic carbocycles. The maximum absolute atomic E-state index is 11.7. The SMILES string of the molecule is COc1cc(Cl)cc(C=NNC(=O)COc2ccc(Cl)cc2Cl)c1O. The summed E-state index contributed by atoms with van der Waals surface area (Å²) < 4.78 is 10.2. The fraction of sp³-hybridized carbons (Fsp3) is 0.125. The minimum atomic E-state index is -0.518. The number of phenolic OH excluding ortho intramolecular Hbond substituents is 1. The number of aromatic hydroxyl groups is 1. The zero-order chi connectivity index (χ0) is 18.4. The molecular formula is C16H13Cl3N2O4. The Hall–Kier alpha value is -2.15. The lowest BCUT2D eigenvalue weighted by atomic mass is 10.2. The van der Waals surface area contributed by atoms with Crippen LogP contribution in [0, 0.1) is 0 Å². The fourth-order valence-corrected chi connectivity index (χ4v) is 2.47. The summed E-state index contributed by atoms with van der Waals surface area (Å²) in [4.78, 5) is 11.7. The highest BCUT2D eigenvalue weighted by Gasteiger charge is 2.09. The predicted molar refractivity (Wildman–Crippen MR) is 97.4 cm³/mol. The molecule has 2 aromatic rings. The number of nitrogens with one attached hydrogen (secondary N) is 1. The number of ether oxygens (including phenoxy) is 2. The van der Waals surface area contributed by atoms with Crippen molar-refractivity contribution in [3.8, 4) is 17.2 Å². The van der Waals surface area contributed by atoms with Crippen molar-refractivity contribution in [2.75, 3.05) is 13.7 Å². The molecule has 9 heteroatoms. The predicted octanol–water partition coefficient (Wildman–Crippen LogP) is 3.89. The number of rotatable bonds is 6. The molecule has 0 aliphatic carbocycles. The zero-order valence-corrected chi connectivity index (χ0v) is 15.2. The van der Waals surface area contributed by atoms with Gasteiger partial charge in [0.15, 0.2) is 18.1 Å². The third-order valence-corrected chi connectivity index (χ3v) is 3.68. The van der Waals surface area contributed by atoms with Gasteiger partial charge in [-0.25, -0.2) is 5.43 Å². The van der Waals surface area contributed by atoms with Crippen LogP contribution in [0.3, 0.4) is 0 Å². The number of methoxy groups -OCH3 is 1. The maximum Gasteiger partial charge on any atom is 0.277 e. The molecule has 0 bridgehead atoms. The van der Waals surface area contributed by atoms with Crippen molar-refractivity contribution >= 4 is 46.9 Å². The molecular weight excluding hydrogens is 391 g/mol. The lowest BCUT2D eigenvalue weighted by molar-refractivity contribution is -0.123. The maximum atomic E-state index is 11.7. The highest BCUT2D eigenvalue weighted by molar-refractivity contribution is 6.35. The third-order valence-electron chi connectivity index (χ3n) is 2.93. The molecule has 0 spiro atoms. The van der Waals surface area contributed by atoms with Crippen molar-refractivity contribution in [2.45, 2.75) is 0 Å². The van der Waals surface area contributed by atoms with E-state index in [-0.39, 0.29) is 23.7 Å². The molecule has 0 fully saturated rings. The normalized spacial score (nSPS) is 10.7. The number of hydrazone groups is 1. The molecule has 0 saturated heterocycles. The van der Waals surface area contributed by atoms with E-state index in [9.17, 15) is 9.90 Å². The Morgan fingerprint density at radius 3 is 2.64 bits per heavy atom. The van der Waals surface area contributed by atoms with Gasteiger partial charge in [0, 0.05) is 21.7 Å². The van der Waals surface area contributed by atoms with Crippen LogP contribution in [0.1, 0.15) is 5.56 Å². The van der Waals surface area contributed by atoms with Gasteiger partial charge in [-0.3, -0.25) is 4.79 Å². The molecule has 0 unspecified atom stereocenters. The monoisotopic (exact) mass is 402 g/mol. The molecule has 0 aliphatic rings. The number of phenols is 1.